The molecule has 4 aliphatic heterocycles. The van der Waals surface area contributed by atoms with E-state index in [0.29, 0.717) is 39.1 Å². The van der Waals surface area contributed by atoms with Gasteiger partial charge in [0.25, 0.3) is 0 Å². The normalized spacial score (nSPS) is 22.6. The Morgan fingerprint density at radius 1 is 0.872 bits per heavy atom. The number of ether oxygens (including phenoxy) is 1. The first-order chi connectivity index (χ1) is 18.9. The van der Waals surface area contributed by atoms with Crippen molar-refractivity contribution in [3.63, 3.8) is 0 Å². The third-order valence-corrected chi connectivity index (χ3v) is 8.28. The van der Waals surface area contributed by atoms with Gasteiger partial charge in [-0.1, -0.05) is 0 Å². The van der Waals surface area contributed by atoms with E-state index in [2.05, 4.69) is 20.8 Å². The number of piperazine rings is 1. The van der Waals surface area contributed by atoms with Crippen molar-refractivity contribution in [2.24, 2.45) is 0 Å². The minimum absolute atomic E-state index is 0.0537. The summed E-state index contributed by atoms with van der Waals surface area (Å²) in [5.74, 6) is 1.15. The van der Waals surface area contributed by atoms with E-state index in [1.807, 2.05) is 4.90 Å². The fourth-order valence-electron chi connectivity index (χ4n) is 6.12. The molecule has 2 atom stereocenters. The van der Waals surface area contributed by atoms with Gasteiger partial charge in [-0.25, -0.2) is 4.79 Å². The molecule has 0 spiro atoms. The lowest BCUT2D eigenvalue weighted by Gasteiger charge is -2.38. The molecule has 4 fully saturated rings. The number of hydrogen-bond donors (Lipinski definition) is 1. The van der Waals surface area contributed by atoms with Crippen LogP contribution in [0.25, 0.3) is 0 Å². The molecule has 39 heavy (non-hydrogen) atoms. The number of carboxylic acids is 1. The molecule has 0 aromatic carbocycles. The number of carbonyl (C=O) groups excluding carboxylic acids is 2. The summed E-state index contributed by atoms with van der Waals surface area (Å²) in [6, 6.07) is 1.56. The highest BCUT2D eigenvalue weighted by atomic mass is 16.5. The van der Waals surface area contributed by atoms with E-state index in [-0.39, 0.29) is 24.8 Å². The molecule has 1 N–H and O–H groups in total. The van der Waals surface area contributed by atoms with Crippen LogP contribution in [0.2, 0.25) is 0 Å². The van der Waals surface area contributed by atoms with Crippen molar-refractivity contribution in [2.45, 2.75) is 64.0 Å². The minimum Gasteiger partial charge on any atom is -0.479 e. The zero-order valence-electron chi connectivity index (χ0n) is 23.0. The Morgan fingerprint density at radius 2 is 1.46 bits per heavy atom. The van der Waals surface area contributed by atoms with Crippen molar-refractivity contribution in [1.82, 2.24) is 19.8 Å². The molecule has 5 heterocycles. The lowest BCUT2D eigenvalue weighted by molar-refractivity contribution is -0.155. The number of carbonyl (C=O) groups is 3. The second kappa shape index (κ2) is 12.4. The Kier molecular flexibility index (Phi) is 8.69. The smallest absolute Gasteiger partial charge is 0.333 e. The number of aliphatic carboxylic acids is 1. The van der Waals surface area contributed by atoms with Crippen molar-refractivity contribution in [3.8, 4) is 0 Å². The van der Waals surface area contributed by atoms with Crippen LogP contribution in [0, 0.1) is 0 Å². The first-order valence-electron chi connectivity index (χ1n) is 14.5. The van der Waals surface area contributed by atoms with Crippen LogP contribution >= 0.6 is 0 Å². The van der Waals surface area contributed by atoms with Gasteiger partial charge in [-0.05, 0) is 45.4 Å². The third kappa shape index (κ3) is 6.21. The number of nitrogens with zero attached hydrogens (tertiary/aromatic N) is 7. The summed E-state index contributed by atoms with van der Waals surface area (Å²) in [6.07, 6.45) is 4.58. The van der Waals surface area contributed by atoms with E-state index in [0.717, 1.165) is 63.0 Å². The Bertz CT molecular complexity index is 1000. The molecular formula is C27H41N7O5. The van der Waals surface area contributed by atoms with Gasteiger partial charge < -0.3 is 34.3 Å². The molecule has 2 unspecified atom stereocenters. The van der Waals surface area contributed by atoms with Gasteiger partial charge in [-0.2, -0.15) is 9.97 Å². The van der Waals surface area contributed by atoms with Gasteiger partial charge in [-0.15, -0.1) is 0 Å². The average Bonchev–Trinajstić information content (AvgIpc) is 3.75. The molecule has 0 aliphatic carbocycles. The van der Waals surface area contributed by atoms with Crippen molar-refractivity contribution < 1.29 is 24.2 Å². The first-order valence-corrected chi connectivity index (χ1v) is 14.5. The summed E-state index contributed by atoms with van der Waals surface area (Å²) < 4.78 is 5.22. The molecule has 4 aliphatic rings. The highest BCUT2D eigenvalue weighted by Gasteiger charge is 2.39. The Morgan fingerprint density at radius 3 is 2.05 bits per heavy atom. The fraction of sp³-hybridized carbons (Fsp3) is 0.741. The molecule has 1 aromatic heterocycles. The number of likely N-dealkylation sites (tertiary alicyclic amines) is 1. The molecule has 12 heteroatoms. The van der Waals surface area contributed by atoms with Crippen LogP contribution in [0.15, 0.2) is 6.07 Å². The number of rotatable bonds is 9. The molecule has 0 saturated carbocycles. The van der Waals surface area contributed by atoms with Gasteiger partial charge in [0.1, 0.15) is 17.7 Å². The maximum atomic E-state index is 13.5. The zero-order chi connectivity index (χ0) is 27.4. The number of anilines is 3. The molecule has 5 rings (SSSR count). The summed E-state index contributed by atoms with van der Waals surface area (Å²) >= 11 is 0. The zero-order valence-corrected chi connectivity index (χ0v) is 23.0. The average molecular weight is 544 g/mol. The quantitative estimate of drug-likeness (QED) is 0.486. The van der Waals surface area contributed by atoms with Crippen molar-refractivity contribution in [2.75, 3.05) is 80.2 Å². The molecule has 0 radical (unpaired) electrons. The monoisotopic (exact) mass is 543 g/mol. The maximum Gasteiger partial charge on any atom is 0.333 e. The van der Waals surface area contributed by atoms with Crippen LogP contribution in [0.1, 0.15) is 51.9 Å². The predicted molar refractivity (Wildman–Crippen MR) is 146 cm³/mol. The highest BCUT2D eigenvalue weighted by Crippen LogP contribution is 2.28. The SMILES string of the molecule is CCOC(CC(=O)N1CCCC1C(=O)N1CCN(c2cc(N3CCCC3)nc(N3CCCC3)n2)CC1)C(=O)O. The summed E-state index contributed by atoms with van der Waals surface area (Å²) in [4.78, 5) is 58.0. The van der Waals surface area contributed by atoms with Crippen molar-refractivity contribution in [1.29, 1.82) is 0 Å². The minimum atomic E-state index is -1.19. The van der Waals surface area contributed by atoms with Gasteiger partial charge in [0, 0.05) is 71.6 Å². The van der Waals surface area contributed by atoms with Gasteiger partial charge in [-0.3, -0.25) is 9.59 Å². The Hall–Kier alpha value is -3.15. The number of aromatic nitrogens is 2. The van der Waals surface area contributed by atoms with E-state index in [4.69, 9.17) is 14.7 Å². The van der Waals surface area contributed by atoms with Crippen LogP contribution in [0.4, 0.5) is 17.6 Å². The molecule has 1 aromatic rings. The second-order valence-electron chi connectivity index (χ2n) is 10.8. The van der Waals surface area contributed by atoms with Crippen LogP contribution in [-0.4, -0.2) is 120 Å². The summed E-state index contributed by atoms with van der Waals surface area (Å²) in [5, 5.41) is 9.36. The molecule has 2 amide bonds. The van der Waals surface area contributed by atoms with Gasteiger partial charge in [0.05, 0.1) is 6.42 Å². The third-order valence-electron chi connectivity index (χ3n) is 8.28. The first kappa shape index (κ1) is 27.4. The largest absolute Gasteiger partial charge is 0.479 e. The van der Waals surface area contributed by atoms with E-state index in [1.165, 1.54) is 12.8 Å². The summed E-state index contributed by atoms with van der Waals surface area (Å²) in [5.41, 5.74) is 0. The van der Waals surface area contributed by atoms with Gasteiger partial charge in [0.2, 0.25) is 17.8 Å². The van der Waals surface area contributed by atoms with E-state index < -0.39 is 18.1 Å². The second-order valence-corrected chi connectivity index (χ2v) is 10.8. The lowest BCUT2D eigenvalue weighted by atomic mass is 10.1. The van der Waals surface area contributed by atoms with E-state index >= 15 is 0 Å². The van der Waals surface area contributed by atoms with Crippen molar-refractivity contribution >= 4 is 35.4 Å². The van der Waals surface area contributed by atoms with Crippen LogP contribution in [0.5, 0.6) is 0 Å². The Labute approximate surface area is 229 Å². The molecule has 4 saturated heterocycles. The highest BCUT2D eigenvalue weighted by molar-refractivity contribution is 5.90. The van der Waals surface area contributed by atoms with E-state index in [1.54, 1.807) is 11.8 Å². The Balaban J connectivity index is 1.23. The number of hydrogen-bond acceptors (Lipinski definition) is 9. The molecule has 0 bridgehead atoms. The predicted octanol–water partition coefficient (Wildman–Crippen LogP) is 1.20. The summed E-state index contributed by atoms with van der Waals surface area (Å²) in [7, 11) is 0. The standard InChI is InChI=1S/C27H41N7O5/c1-2-39-21(26(37)38)18-24(35)34-13-7-8-20(34)25(36)32-16-14-31(15-17-32)23-19-22(30-9-3-4-10-30)28-27(29-23)33-11-5-6-12-33/h19-21H,2-18H2,1H3,(H,37,38). The van der Waals surface area contributed by atoms with Gasteiger partial charge >= 0.3 is 5.97 Å². The molecular weight excluding hydrogens is 502 g/mol. The van der Waals surface area contributed by atoms with Crippen LogP contribution in [0.3, 0.4) is 0 Å². The lowest BCUT2D eigenvalue weighted by Crippen LogP contribution is -2.55. The fourth-order valence-corrected chi connectivity index (χ4v) is 6.12. The van der Waals surface area contributed by atoms with Crippen molar-refractivity contribution in [3.05, 3.63) is 6.07 Å². The molecule has 12 nitrogen and oxygen atoms in total. The topological polar surface area (TPSA) is 123 Å². The number of carboxylic acid groups (broad SMARTS) is 1. The maximum absolute atomic E-state index is 13.5. The summed E-state index contributed by atoms with van der Waals surface area (Å²) in [6.45, 7) is 8.81. The molecule has 214 valence electrons. The van der Waals surface area contributed by atoms with Crippen LogP contribution < -0.4 is 14.7 Å². The van der Waals surface area contributed by atoms with Crippen LogP contribution in [-0.2, 0) is 19.1 Å². The number of amides is 2. The van der Waals surface area contributed by atoms with E-state index in [9.17, 15) is 19.5 Å². The van der Waals surface area contributed by atoms with Gasteiger partial charge in [0.15, 0.2) is 6.10 Å².